The summed E-state index contributed by atoms with van der Waals surface area (Å²) in [5.41, 5.74) is 2.21. The van der Waals surface area contributed by atoms with Crippen molar-refractivity contribution in [3.63, 3.8) is 0 Å². The van der Waals surface area contributed by atoms with Gasteiger partial charge in [-0.1, -0.05) is 43.5 Å². The van der Waals surface area contributed by atoms with Gasteiger partial charge in [0.2, 0.25) is 5.91 Å². The number of aryl methyl sites for hydroxylation is 1. The van der Waals surface area contributed by atoms with Gasteiger partial charge in [-0.2, -0.15) is 0 Å². The summed E-state index contributed by atoms with van der Waals surface area (Å²) < 4.78 is 23.3. The maximum atomic E-state index is 12.6. The second kappa shape index (κ2) is 8.34. The fourth-order valence-electron chi connectivity index (χ4n) is 3.02. The molecule has 1 saturated heterocycles. The van der Waals surface area contributed by atoms with Crippen molar-refractivity contribution in [2.24, 2.45) is 0 Å². The zero-order valence-electron chi connectivity index (χ0n) is 14.2. The van der Waals surface area contributed by atoms with Crippen LogP contribution in [0.5, 0.6) is 0 Å². The van der Waals surface area contributed by atoms with Gasteiger partial charge in [-0.05, 0) is 30.4 Å². The van der Waals surface area contributed by atoms with Crippen LogP contribution >= 0.6 is 0 Å². The first-order chi connectivity index (χ1) is 11.4. The molecule has 0 spiro atoms. The molecule has 5 heteroatoms. The average molecular weight is 347 g/mol. The van der Waals surface area contributed by atoms with E-state index in [-0.39, 0.29) is 36.4 Å². The Labute approximate surface area is 145 Å². The minimum Gasteiger partial charge on any atom is -0.327 e. The molecule has 1 fully saturated rings. The molecule has 0 N–H and O–H groups in total. The molecule has 1 aromatic rings. The van der Waals surface area contributed by atoms with E-state index in [1.54, 1.807) is 4.90 Å². The number of terminal acetylenes is 1. The van der Waals surface area contributed by atoms with Crippen molar-refractivity contribution < 1.29 is 13.2 Å². The molecular weight excluding hydrogens is 322 g/mol. The third-order valence-corrected chi connectivity index (χ3v) is 6.18. The molecule has 0 bridgehead atoms. The van der Waals surface area contributed by atoms with Crippen LogP contribution in [0.3, 0.4) is 0 Å². The molecule has 2 rings (SSSR count). The highest BCUT2D eigenvalue weighted by Gasteiger charge is 2.34. The predicted octanol–water partition coefficient (Wildman–Crippen LogP) is 2.22. The van der Waals surface area contributed by atoms with Crippen LogP contribution in [0.2, 0.25) is 0 Å². The van der Waals surface area contributed by atoms with Crippen molar-refractivity contribution >= 4 is 15.7 Å². The van der Waals surface area contributed by atoms with E-state index in [0.717, 1.165) is 24.8 Å². The molecule has 4 nitrogen and oxygen atoms in total. The lowest BCUT2D eigenvalue weighted by atomic mass is 10.0. The van der Waals surface area contributed by atoms with Gasteiger partial charge >= 0.3 is 0 Å². The van der Waals surface area contributed by atoms with E-state index in [2.05, 4.69) is 25.0 Å². The largest absolute Gasteiger partial charge is 0.327 e. The number of hydrogen-bond acceptors (Lipinski definition) is 3. The van der Waals surface area contributed by atoms with Gasteiger partial charge in [0.1, 0.15) is 0 Å². The number of amides is 1. The Kier molecular flexibility index (Phi) is 6.44. The van der Waals surface area contributed by atoms with Gasteiger partial charge in [0, 0.05) is 6.04 Å². The zero-order chi connectivity index (χ0) is 17.6. The van der Waals surface area contributed by atoms with Gasteiger partial charge in [-0.25, -0.2) is 8.42 Å². The van der Waals surface area contributed by atoms with Crippen LogP contribution in [-0.4, -0.2) is 43.3 Å². The highest BCUT2D eigenvalue weighted by atomic mass is 32.2. The Bertz CT molecular complexity index is 701. The van der Waals surface area contributed by atoms with E-state index < -0.39 is 9.84 Å². The van der Waals surface area contributed by atoms with Crippen molar-refractivity contribution in [1.82, 2.24) is 4.90 Å². The number of carbonyl (C=O) groups excluding carboxylic acids is 1. The number of sulfone groups is 1. The lowest BCUT2D eigenvalue weighted by molar-refractivity contribution is -0.131. The Balaban J connectivity index is 2.01. The van der Waals surface area contributed by atoms with Crippen molar-refractivity contribution in [1.29, 1.82) is 0 Å². The third kappa shape index (κ3) is 5.10. The SMILES string of the molecule is C#CCN(C(=O)Cc1ccc(CCCC)cc1)[C@H]1CCS(=O)(=O)C1. The molecule has 1 heterocycles. The molecule has 0 radical (unpaired) electrons. The van der Waals surface area contributed by atoms with Gasteiger partial charge in [-0.3, -0.25) is 4.79 Å². The summed E-state index contributed by atoms with van der Waals surface area (Å²) >= 11 is 0. The highest BCUT2D eigenvalue weighted by Crippen LogP contribution is 2.19. The first-order valence-electron chi connectivity index (χ1n) is 8.46. The van der Waals surface area contributed by atoms with Gasteiger partial charge in [0.05, 0.1) is 24.5 Å². The van der Waals surface area contributed by atoms with Crippen LogP contribution in [0, 0.1) is 12.3 Å². The number of hydrogen-bond donors (Lipinski definition) is 0. The van der Waals surface area contributed by atoms with Crippen LogP contribution in [0.25, 0.3) is 0 Å². The smallest absolute Gasteiger partial charge is 0.228 e. The van der Waals surface area contributed by atoms with E-state index in [1.165, 1.54) is 5.56 Å². The lowest BCUT2D eigenvalue weighted by Gasteiger charge is -2.26. The molecule has 1 aliphatic rings. The normalized spacial score (nSPS) is 18.9. The van der Waals surface area contributed by atoms with Gasteiger partial charge in [0.15, 0.2) is 9.84 Å². The summed E-state index contributed by atoms with van der Waals surface area (Å²) in [7, 11) is -3.04. The van der Waals surface area contributed by atoms with Gasteiger partial charge in [-0.15, -0.1) is 6.42 Å². The molecular formula is C19H25NO3S. The minimum atomic E-state index is -3.04. The second-order valence-electron chi connectivity index (χ2n) is 6.38. The highest BCUT2D eigenvalue weighted by molar-refractivity contribution is 7.91. The summed E-state index contributed by atoms with van der Waals surface area (Å²) in [6.07, 6.45) is 9.47. The van der Waals surface area contributed by atoms with Crippen LogP contribution in [-0.2, 0) is 27.5 Å². The average Bonchev–Trinajstić information content (AvgIpc) is 2.91. The van der Waals surface area contributed by atoms with Gasteiger partial charge < -0.3 is 4.90 Å². The molecule has 0 saturated carbocycles. The lowest BCUT2D eigenvalue weighted by Crippen LogP contribution is -2.42. The molecule has 24 heavy (non-hydrogen) atoms. The zero-order valence-corrected chi connectivity index (χ0v) is 15.0. The summed E-state index contributed by atoms with van der Waals surface area (Å²) in [5, 5.41) is 0. The molecule has 0 unspecified atom stereocenters. The Hall–Kier alpha value is -1.80. The van der Waals surface area contributed by atoms with E-state index in [1.807, 2.05) is 12.1 Å². The van der Waals surface area contributed by atoms with E-state index in [0.29, 0.717) is 6.42 Å². The Morgan fingerprint density at radius 1 is 1.29 bits per heavy atom. The molecule has 1 aromatic carbocycles. The van der Waals surface area contributed by atoms with Crippen LogP contribution in [0.4, 0.5) is 0 Å². The molecule has 1 atom stereocenters. The maximum absolute atomic E-state index is 12.6. The molecule has 0 aromatic heterocycles. The molecule has 130 valence electrons. The molecule has 1 amide bonds. The second-order valence-corrected chi connectivity index (χ2v) is 8.61. The molecule has 1 aliphatic heterocycles. The van der Waals surface area contributed by atoms with Crippen LogP contribution < -0.4 is 0 Å². The van der Waals surface area contributed by atoms with Gasteiger partial charge in [0.25, 0.3) is 0 Å². The standard InChI is InChI=1S/C19H25NO3S/c1-3-5-6-16-7-9-17(10-8-16)14-19(21)20(12-4-2)18-11-13-24(22,23)15-18/h2,7-10,18H,3,5-6,11-15H2,1H3/t18-/m0/s1. The van der Waals surface area contributed by atoms with E-state index in [4.69, 9.17) is 6.42 Å². The van der Waals surface area contributed by atoms with Crippen molar-refractivity contribution in [2.45, 2.75) is 45.1 Å². The fraction of sp³-hybridized carbons (Fsp3) is 0.526. The van der Waals surface area contributed by atoms with Crippen molar-refractivity contribution in [2.75, 3.05) is 18.1 Å². The Morgan fingerprint density at radius 3 is 2.50 bits per heavy atom. The Morgan fingerprint density at radius 2 is 1.96 bits per heavy atom. The fourth-order valence-corrected chi connectivity index (χ4v) is 4.75. The topological polar surface area (TPSA) is 54.5 Å². The monoisotopic (exact) mass is 347 g/mol. The number of rotatable bonds is 7. The number of benzene rings is 1. The van der Waals surface area contributed by atoms with Crippen molar-refractivity contribution in [3.8, 4) is 12.3 Å². The summed E-state index contributed by atoms with van der Waals surface area (Å²) in [4.78, 5) is 14.1. The first kappa shape index (κ1) is 18.5. The summed E-state index contributed by atoms with van der Waals surface area (Å²) in [5.74, 6) is 2.54. The molecule has 0 aliphatic carbocycles. The van der Waals surface area contributed by atoms with E-state index >= 15 is 0 Å². The quantitative estimate of drug-likeness (QED) is 0.711. The maximum Gasteiger partial charge on any atom is 0.228 e. The summed E-state index contributed by atoms with van der Waals surface area (Å²) in [6, 6.07) is 7.78. The summed E-state index contributed by atoms with van der Waals surface area (Å²) in [6.45, 7) is 2.32. The first-order valence-corrected chi connectivity index (χ1v) is 10.3. The number of carbonyl (C=O) groups is 1. The minimum absolute atomic E-state index is 0.0242. The van der Waals surface area contributed by atoms with Crippen LogP contribution in [0.15, 0.2) is 24.3 Å². The van der Waals surface area contributed by atoms with E-state index in [9.17, 15) is 13.2 Å². The number of unbranched alkanes of at least 4 members (excludes halogenated alkanes) is 1. The van der Waals surface area contributed by atoms with Crippen molar-refractivity contribution in [3.05, 3.63) is 35.4 Å². The number of nitrogens with zero attached hydrogens (tertiary/aromatic N) is 1. The third-order valence-electron chi connectivity index (χ3n) is 4.43. The van der Waals surface area contributed by atoms with Crippen LogP contribution in [0.1, 0.15) is 37.3 Å². The predicted molar refractivity (Wildman–Crippen MR) is 96.4 cm³/mol.